The fourth-order valence-corrected chi connectivity index (χ4v) is 3.78. The maximum atomic E-state index is 2.32. The van der Waals surface area contributed by atoms with E-state index in [0.717, 1.165) is 0 Å². The zero-order valence-electron chi connectivity index (χ0n) is 12.4. The standard InChI is InChI=1S/C21H15N/c1-22-18-12-4-8-14-6-2-10-16(20(14)18)17-11-3-7-15-9-5-13-19(22)21(15)17/h2-13H,1H3. The number of aryl methyl sites for hydroxylation is 1. The van der Waals surface area contributed by atoms with Gasteiger partial charge >= 0.3 is 0 Å². The van der Waals surface area contributed by atoms with Crippen molar-refractivity contribution in [1.82, 2.24) is 4.57 Å². The lowest BCUT2D eigenvalue weighted by atomic mass is 10.00. The zero-order valence-corrected chi connectivity index (χ0v) is 12.4. The smallest absolute Gasteiger partial charge is 0.0494 e. The van der Waals surface area contributed by atoms with Gasteiger partial charge in [0.15, 0.2) is 0 Å². The molecular formula is C21H15N. The van der Waals surface area contributed by atoms with Crippen molar-refractivity contribution in [3.8, 4) is 0 Å². The van der Waals surface area contributed by atoms with E-state index < -0.39 is 0 Å². The molecule has 0 N–H and O–H groups in total. The molecule has 0 saturated heterocycles. The molecule has 0 atom stereocenters. The van der Waals surface area contributed by atoms with E-state index >= 15 is 0 Å². The van der Waals surface area contributed by atoms with Gasteiger partial charge in [0.25, 0.3) is 0 Å². The van der Waals surface area contributed by atoms with E-state index in [1.54, 1.807) is 0 Å². The van der Waals surface area contributed by atoms with Gasteiger partial charge in [0, 0.05) is 28.9 Å². The summed E-state index contributed by atoms with van der Waals surface area (Å²) in [6.45, 7) is 0. The number of benzene rings is 4. The van der Waals surface area contributed by atoms with Crippen molar-refractivity contribution in [3.05, 3.63) is 72.8 Å². The highest BCUT2D eigenvalue weighted by Crippen LogP contribution is 2.35. The van der Waals surface area contributed by atoms with Crippen molar-refractivity contribution in [2.24, 2.45) is 7.05 Å². The number of fused-ring (bicyclic) bond motifs is 1. The second-order valence-corrected chi connectivity index (χ2v) is 5.92. The van der Waals surface area contributed by atoms with E-state index in [-0.39, 0.29) is 0 Å². The number of hydrogen-bond donors (Lipinski definition) is 0. The quantitative estimate of drug-likeness (QED) is 0.346. The second kappa shape index (κ2) is 4.11. The Morgan fingerprint density at radius 2 is 0.955 bits per heavy atom. The Hall–Kier alpha value is -2.80. The van der Waals surface area contributed by atoms with Crippen LogP contribution in [0.1, 0.15) is 0 Å². The van der Waals surface area contributed by atoms with Gasteiger partial charge in [0.05, 0.1) is 0 Å². The highest BCUT2D eigenvalue weighted by molar-refractivity contribution is 6.24. The van der Waals surface area contributed by atoms with E-state index in [0.29, 0.717) is 0 Å². The summed E-state index contributed by atoms with van der Waals surface area (Å²) in [5, 5.41) is 7.94. The molecule has 0 spiro atoms. The lowest BCUT2D eigenvalue weighted by Crippen LogP contribution is -1.91. The van der Waals surface area contributed by atoms with Crippen LogP contribution < -0.4 is 0 Å². The molecule has 5 aromatic rings. The van der Waals surface area contributed by atoms with Gasteiger partial charge in [-0.05, 0) is 33.7 Å². The van der Waals surface area contributed by atoms with Crippen molar-refractivity contribution in [2.45, 2.75) is 0 Å². The van der Waals surface area contributed by atoms with E-state index in [2.05, 4.69) is 84.4 Å². The summed E-state index contributed by atoms with van der Waals surface area (Å²) in [6.07, 6.45) is 0. The van der Waals surface area contributed by atoms with E-state index in [9.17, 15) is 0 Å². The van der Waals surface area contributed by atoms with E-state index in [4.69, 9.17) is 0 Å². The molecular weight excluding hydrogens is 266 g/mol. The minimum atomic E-state index is 1.27. The molecule has 0 bridgehead atoms. The molecule has 0 aliphatic carbocycles. The number of rotatable bonds is 0. The van der Waals surface area contributed by atoms with E-state index in [1.165, 1.54) is 43.4 Å². The van der Waals surface area contributed by atoms with Gasteiger partial charge in [-0.15, -0.1) is 0 Å². The molecule has 104 valence electrons. The van der Waals surface area contributed by atoms with Crippen molar-refractivity contribution in [2.75, 3.05) is 0 Å². The summed E-state index contributed by atoms with van der Waals surface area (Å²) in [5.74, 6) is 0. The fourth-order valence-electron chi connectivity index (χ4n) is 3.78. The highest BCUT2D eigenvalue weighted by Gasteiger charge is 2.10. The molecule has 0 unspecified atom stereocenters. The number of aromatic nitrogens is 1. The molecule has 5 rings (SSSR count). The van der Waals surface area contributed by atoms with Gasteiger partial charge < -0.3 is 4.57 Å². The monoisotopic (exact) mass is 281 g/mol. The molecule has 0 fully saturated rings. The van der Waals surface area contributed by atoms with Crippen LogP contribution in [0.5, 0.6) is 0 Å². The first-order valence-electron chi connectivity index (χ1n) is 7.62. The molecule has 0 aliphatic heterocycles. The maximum Gasteiger partial charge on any atom is 0.0494 e. The summed E-state index contributed by atoms with van der Waals surface area (Å²) in [4.78, 5) is 0. The molecule has 1 heteroatoms. The first-order valence-corrected chi connectivity index (χ1v) is 7.62. The predicted molar refractivity (Wildman–Crippen MR) is 95.4 cm³/mol. The SMILES string of the molecule is Cn1c2cccc3cccc(c4cccc5cccc1c54)c32. The van der Waals surface area contributed by atoms with Crippen molar-refractivity contribution < 1.29 is 0 Å². The average molecular weight is 281 g/mol. The van der Waals surface area contributed by atoms with Crippen LogP contribution in [0.4, 0.5) is 0 Å². The molecule has 1 aromatic heterocycles. The van der Waals surface area contributed by atoms with Crippen LogP contribution >= 0.6 is 0 Å². The Morgan fingerprint density at radius 1 is 0.545 bits per heavy atom. The van der Waals surface area contributed by atoms with Gasteiger partial charge in [-0.3, -0.25) is 0 Å². The first-order chi connectivity index (χ1) is 10.8. The lowest BCUT2D eigenvalue weighted by molar-refractivity contribution is 1.01. The third-order valence-electron chi connectivity index (χ3n) is 4.78. The largest absolute Gasteiger partial charge is 0.344 e. The lowest BCUT2D eigenvalue weighted by Gasteiger charge is -2.06. The Balaban J connectivity index is 2.34. The van der Waals surface area contributed by atoms with Gasteiger partial charge in [-0.1, -0.05) is 60.7 Å². The summed E-state index contributed by atoms with van der Waals surface area (Å²) in [7, 11) is 2.17. The van der Waals surface area contributed by atoms with Crippen LogP contribution in [0, 0.1) is 0 Å². The molecule has 0 radical (unpaired) electrons. The van der Waals surface area contributed by atoms with Crippen molar-refractivity contribution in [3.63, 3.8) is 0 Å². The number of hydrogen-bond acceptors (Lipinski definition) is 0. The topological polar surface area (TPSA) is 4.93 Å². The summed E-state index contributed by atoms with van der Waals surface area (Å²) < 4.78 is 2.32. The third-order valence-corrected chi connectivity index (χ3v) is 4.78. The zero-order chi connectivity index (χ0) is 14.7. The first kappa shape index (κ1) is 11.8. The molecule has 0 amide bonds. The van der Waals surface area contributed by atoms with Crippen molar-refractivity contribution in [1.29, 1.82) is 0 Å². The van der Waals surface area contributed by atoms with Gasteiger partial charge in [0.2, 0.25) is 0 Å². The molecule has 0 saturated carbocycles. The Morgan fingerprint density at radius 3 is 1.41 bits per heavy atom. The molecule has 0 aliphatic rings. The molecule has 1 nitrogen and oxygen atoms in total. The van der Waals surface area contributed by atoms with Crippen LogP contribution in [0.2, 0.25) is 0 Å². The second-order valence-electron chi connectivity index (χ2n) is 5.92. The molecule has 22 heavy (non-hydrogen) atoms. The van der Waals surface area contributed by atoms with Crippen LogP contribution in [0.3, 0.4) is 0 Å². The Labute approximate surface area is 128 Å². The van der Waals surface area contributed by atoms with Crippen LogP contribution in [-0.4, -0.2) is 4.57 Å². The Bertz CT molecular complexity index is 1070. The fraction of sp³-hybridized carbons (Fsp3) is 0.0476. The van der Waals surface area contributed by atoms with Crippen LogP contribution in [-0.2, 0) is 7.05 Å². The third kappa shape index (κ3) is 1.38. The summed E-state index contributed by atoms with van der Waals surface area (Å²) in [6, 6.07) is 26.3. The Kier molecular flexibility index (Phi) is 2.21. The summed E-state index contributed by atoms with van der Waals surface area (Å²) in [5.41, 5.74) is 2.55. The van der Waals surface area contributed by atoms with E-state index in [1.807, 2.05) is 0 Å². The summed E-state index contributed by atoms with van der Waals surface area (Å²) >= 11 is 0. The van der Waals surface area contributed by atoms with Crippen molar-refractivity contribution >= 4 is 43.4 Å². The minimum Gasteiger partial charge on any atom is -0.344 e. The van der Waals surface area contributed by atoms with Gasteiger partial charge in [-0.2, -0.15) is 0 Å². The van der Waals surface area contributed by atoms with Gasteiger partial charge in [0.1, 0.15) is 0 Å². The van der Waals surface area contributed by atoms with Crippen LogP contribution in [0.15, 0.2) is 72.8 Å². The number of nitrogens with zero attached hydrogens (tertiary/aromatic N) is 1. The highest BCUT2D eigenvalue weighted by atomic mass is 14.9. The van der Waals surface area contributed by atoms with Crippen LogP contribution in [0.25, 0.3) is 43.4 Å². The molecule has 1 heterocycles. The van der Waals surface area contributed by atoms with Gasteiger partial charge in [-0.25, -0.2) is 0 Å². The normalized spacial score (nSPS) is 11.9. The maximum absolute atomic E-state index is 2.32. The minimum absolute atomic E-state index is 1.27. The molecule has 4 aromatic carbocycles. The average Bonchev–Trinajstić information content (AvgIpc) is 2.68. The predicted octanol–water partition coefficient (Wildman–Crippen LogP) is 5.64.